The molecule has 3 rings (SSSR count). The first-order chi connectivity index (χ1) is 9.97. The zero-order chi connectivity index (χ0) is 15.1. The molecule has 0 radical (unpaired) electrons. The van der Waals surface area contributed by atoms with E-state index >= 15 is 0 Å². The highest BCUT2D eigenvalue weighted by Gasteiger charge is 2.17. The molecule has 0 saturated carbocycles. The molecule has 0 aliphatic rings. The number of aromatic hydroxyl groups is 1. The molecule has 0 aliphatic carbocycles. The minimum atomic E-state index is -0.329. The Hall–Kier alpha value is -2.07. The third-order valence-corrected chi connectivity index (χ3v) is 3.69. The van der Waals surface area contributed by atoms with Gasteiger partial charge < -0.3 is 9.67 Å². The van der Waals surface area contributed by atoms with E-state index in [0.29, 0.717) is 21.9 Å². The van der Waals surface area contributed by atoms with E-state index in [1.54, 1.807) is 18.2 Å². The summed E-state index contributed by atoms with van der Waals surface area (Å²) in [5.74, 6) is 0.402. The zero-order valence-corrected chi connectivity index (χ0v) is 12.4. The number of hydrogen-bond acceptors (Lipinski definition) is 2. The molecule has 0 atom stereocenters. The fourth-order valence-electron chi connectivity index (χ4n) is 2.47. The van der Waals surface area contributed by atoms with Crippen LogP contribution in [0.5, 0.6) is 5.75 Å². The number of aromatic nitrogens is 2. The van der Waals surface area contributed by atoms with Gasteiger partial charge in [-0.2, -0.15) is 0 Å². The first-order valence-corrected chi connectivity index (χ1v) is 7.01. The Morgan fingerprint density at radius 2 is 1.95 bits per heavy atom. The quantitative estimate of drug-likeness (QED) is 0.739. The van der Waals surface area contributed by atoms with E-state index in [1.807, 2.05) is 18.4 Å². The molecule has 21 heavy (non-hydrogen) atoms. The summed E-state index contributed by atoms with van der Waals surface area (Å²) in [5.41, 5.74) is 2.03. The van der Waals surface area contributed by atoms with Crippen LogP contribution in [0.4, 0.5) is 4.39 Å². The summed E-state index contributed by atoms with van der Waals surface area (Å²) < 4.78 is 15.4. The van der Waals surface area contributed by atoms with Gasteiger partial charge in [-0.15, -0.1) is 0 Å². The molecule has 1 N–H and O–H groups in total. The van der Waals surface area contributed by atoms with Crippen LogP contribution in [0.1, 0.15) is 19.9 Å². The van der Waals surface area contributed by atoms with Crippen molar-refractivity contribution in [2.24, 2.45) is 0 Å². The highest BCUT2D eigenvalue weighted by atomic mass is 35.5. The van der Waals surface area contributed by atoms with Gasteiger partial charge in [0.05, 0.1) is 16.1 Å². The molecule has 0 unspecified atom stereocenters. The average Bonchev–Trinajstić information content (AvgIpc) is 2.79. The number of imidazole rings is 1. The number of benzene rings is 2. The van der Waals surface area contributed by atoms with E-state index in [2.05, 4.69) is 4.98 Å². The van der Waals surface area contributed by atoms with E-state index in [9.17, 15) is 9.50 Å². The zero-order valence-electron chi connectivity index (χ0n) is 11.6. The predicted octanol–water partition coefficient (Wildman–Crippen LogP) is 4.78. The van der Waals surface area contributed by atoms with Crippen LogP contribution < -0.4 is 0 Å². The standard InChI is InChI=1S/C16H14ClFN2O/c1-9(2)20-15-6-3-10(18)7-14(15)19-16(20)12-8-11(21)4-5-13(12)17/h3-9,21H,1-2H3. The minimum absolute atomic E-state index is 0.114. The molecule has 0 aliphatic heterocycles. The summed E-state index contributed by atoms with van der Waals surface area (Å²) in [6.07, 6.45) is 0. The third kappa shape index (κ3) is 2.36. The maximum Gasteiger partial charge on any atom is 0.143 e. The van der Waals surface area contributed by atoms with Crippen molar-refractivity contribution >= 4 is 22.6 Å². The molecular formula is C16H14ClFN2O. The Kier molecular flexibility index (Phi) is 3.33. The van der Waals surface area contributed by atoms with Crippen LogP contribution in [-0.4, -0.2) is 14.7 Å². The molecule has 0 amide bonds. The van der Waals surface area contributed by atoms with Gasteiger partial charge in [-0.25, -0.2) is 9.37 Å². The summed E-state index contributed by atoms with van der Waals surface area (Å²) in [6, 6.07) is 9.35. The summed E-state index contributed by atoms with van der Waals surface area (Å²) in [6.45, 7) is 4.04. The van der Waals surface area contributed by atoms with Crippen molar-refractivity contribution in [2.75, 3.05) is 0 Å². The second-order valence-corrected chi connectivity index (χ2v) is 5.60. The average molecular weight is 305 g/mol. The fraction of sp³-hybridized carbons (Fsp3) is 0.188. The number of halogens is 2. The van der Waals surface area contributed by atoms with Crippen LogP contribution in [0.3, 0.4) is 0 Å². The number of rotatable bonds is 2. The lowest BCUT2D eigenvalue weighted by Crippen LogP contribution is -2.03. The van der Waals surface area contributed by atoms with Gasteiger partial charge in [0.1, 0.15) is 17.4 Å². The number of hydrogen-bond donors (Lipinski definition) is 1. The highest BCUT2D eigenvalue weighted by molar-refractivity contribution is 6.33. The Labute approximate surface area is 126 Å². The van der Waals surface area contributed by atoms with Gasteiger partial charge in [-0.3, -0.25) is 0 Å². The molecular weight excluding hydrogens is 291 g/mol. The molecule has 1 heterocycles. The first kappa shape index (κ1) is 13.9. The summed E-state index contributed by atoms with van der Waals surface area (Å²) in [7, 11) is 0. The van der Waals surface area contributed by atoms with Crippen LogP contribution in [0.2, 0.25) is 5.02 Å². The molecule has 0 saturated heterocycles. The van der Waals surface area contributed by atoms with Gasteiger partial charge >= 0.3 is 0 Å². The van der Waals surface area contributed by atoms with Crippen LogP contribution in [0.25, 0.3) is 22.4 Å². The van der Waals surface area contributed by atoms with Crippen molar-refractivity contribution in [1.29, 1.82) is 0 Å². The second kappa shape index (κ2) is 5.04. The number of nitrogens with zero attached hydrogens (tertiary/aromatic N) is 2. The largest absolute Gasteiger partial charge is 0.508 e. The number of phenolic OH excluding ortho intramolecular Hbond substituents is 1. The lowest BCUT2D eigenvalue weighted by molar-refractivity contribution is 0.475. The Bertz CT molecular complexity index is 827. The van der Waals surface area contributed by atoms with E-state index in [-0.39, 0.29) is 17.6 Å². The van der Waals surface area contributed by atoms with Gasteiger partial charge in [0.15, 0.2) is 0 Å². The third-order valence-electron chi connectivity index (χ3n) is 3.36. The summed E-state index contributed by atoms with van der Waals surface area (Å²) in [4.78, 5) is 4.49. The topological polar surface area (TPSA) is 38.0 Å². The van der Waals surface area contributed by atoms with E-state index in [4.69, 9.17) is 11.6 Å². The lowest BCUT2D eigenvalue weighted by atomic mass is 10.2. The lowest BCUT2D eigenvalue weighted by Gasteiger charge is -2.14. The smallest absolute Gasteiger partial charge is 0.143 e. The second-order valence-electron chi connectivity index (χ2n) is 5.20. The summed E-state index contributed by atoms with van der Waals surface area (Å²) in [5, 5.41) is 10.2. The van der Waals surface area contributed by atoms with Crippen LogP contribution in [-0.2, 0) is 0 Å². The van der Waals surface area contributed by atoms with Gasteiger partial charge in [0.2, 0.25) is 0 Å². The predicted molar refractivity (Wildman–Crippen MR) is 82.2 cm³/mol. The van der Waals surface area contributed by atoms with Crippen molar-refractivity contribution in [1.82, 2.24) is 9.55 Å². The van der Waals surface area contributed by atoms with Gasteiger partial charge in [-0.05, 0) is 44.2 Å². The molecule has 2 aromatic carbocycles. The first-order valence-electron chi connectivity index (χ1n) is 6.63. The highest BCUT2D eigenvalue weighted by Crippen LogP contribution is 2.34. The van der Waals surface area contributed by atoms with Crippen molar-refractivity contribution in [3.05, 3.63) is 47.2 Å². The van der Waals surface area contributed by atoms with Gasteiger partial charge in [0.25, 0.3) is 0 Å². The Morgan fingerprint density at radius 1 is 1.19 bits per heavy atom. The van der Waals surface area contributed by atoms with Crippen molar-refractivity contribution in [3.63, 3.8) is 0 Å². The molecule has 108 valence electrons. The van der Waals surface area contributed by atoms with E-state index in [1.165, 1.54) is 18.2 Å². The molecule has 0 bridgehead atoms. The van der Waals surface area contributed by atoms with Crippen molar-refractivity contribution in [2.45, 2.75) is 19.9 Å². The maximum absolute atomic E-state index is 13.4. The SMILES string of the molecule is CC(C)n1c(-c2cc(O)ccc2Cl)nc2cc(F)ccc21. The number of phenols is 1. The Balaban J connectivity index is 2.36. The molecule has 0 spiro atoms. The van der Waals surface area contributed by atoms with Gasteiger partial charge in [-0.1, -0.05) is 11.6 Å². The van der Waals surface area contributed by atoms with Crippen LogP contribution in [0.15, 0.2) is 36.4 Å². The van der Waals surface area contributed by atoms with Crippen LogP contribution in [0, 0.1) is 5.82 Å². The normalized spacial score (nSPS) is 11.5. The maximum atomic E-state index is 13.4. The molecule has 0 fully saturated rings. The fourth-order valence-corrected chi connectivity index (χ4v) is 2.67. The van der Waals surface area contributed by atoms with Gasteiger partial charge in [0, 0.05) is 17.7 Å². The molecule has 1 aromatic heterocycles. The Morgan fingerprint density at radius 3 is 2.67 bits per heavy atom. The summed E-state index contributed by atoms with van der Waals surface area (Å²) >= 11 is 6.23. The number of fused-ring (bicyclic) bond motifs is 1. The molecule has 3 aromatic rings. The van der Waals surface area contributed by atoms with E-state index < -0.39 is 0 Å². The monoisotopic (exact) mass is 304 g/mol. The van der Waals surface area contributed by atoms with Crippen molar-refractivity contribution in [3.8, 4) is 17.1 Å². The van der Waals surface area contributed by atoms with Crippen LogP contribution >= 0.6 is 11.6 Å². The minimum Gasteiger partial charge on any atom is -0.508 e. The van der Waals surface area contributed by atoms with Crippen molar-refractivity contribution < 1.29 is 9.50 Å². The molecule has 5 heteroatoms. The molecule has 3 nitrogen and oxygen atoms in total. The van der Waals surface area contributed by atoms with E-state index in [0.717, 1.165) is 5.52 Å².